The Kier molecular flexibility index (Phi) is 5.80. The van der Waals surface area contributed by atoms with E-state index >= 15 is 0 Å². The zero-order chi connectivity index (χ0) is 15.8. The van der Waals surface area contributed by atoms with Crippen LogP contribution < -0.4 is 20.5 Å². The average molecular weight is 300 g/mol. The van der Waals surface area contributed by atoms with Crippen molar-refractivity contribution in [2.24, 2.45) is 5.73 Å². The molecule has 2 rings (SSSR count). The maximum atomic E-state index is 11.5. The van der Waals surface area contributed by atoms with Gasteiger partial charge in [0.1, 0.15) is 24.1 Å². The van der Waals surface area contributed by atoms with E-state index in [1.807, 2.05) is 54.6 Å². The fraction of sp³-hybridized carbons (Fsp3) is 0.235. The van der Waals surface area contributed by atoms with Gasteiger partial charge in [-0.2, -0.15) is 0 Å². The number of methoxy groups -OCH3 is 1. The van der Waals surface area contributed by atoms with Crippen LogP contribution >= 0.6 is 0 Å². The van der Waals surface area contributed by atoms with E-state index in [9.17, 15) is 4.79 Å². The monoisotopic (exact) mass is 300 g/mol. The van der Waals surface area contributed by atoms with Crippen molar-refractivity contribution in [3.63, 3.8) is 0 Å². The summed E-state index contributed by atoms with van der Waals surface area (Å²) in [7, 11) is 1.62. The lowest BCUT2D eigenvalue weighted by Crippen LogP contribution is -2.35. The summed E-state index contributed by atoms with van der Waals surface area (Å²) in [6.45, 7) is 0.942. The molecule has 2 aromatic carbocycles. The molecule has 0 heterocycles. The van der Waals surface area contributed by atoms with Crippen LogP contribution in [0, 0.1) is 0 Å². The molecule has 5 heteroatoms. The first-order chi connectivity index (χ1) is 10.7. The van der Waals surface area contributed by atoms with Gasteiger partial charge in [0, 0.05) is 6.54 Å². The molecule has 1 atom stereocenters. The van der Waals surface area contributed by atoms with Gasteiger partial charge >= 0.3 is 0 Å². The molecule has 1 amide bonds. The van der Waals surface area contributed by atoms with E-state index < -0.39 is 11.9 Å². The first-order valence-electron chi connectivity index (χ1n) is 7.05. The summed E-state index contributed by atoms with van der Waals surface area (Å²) >= 11 is 0. The highest BCUT2D eigenvalue weighted by molar-refractivity contribution is 5.81. The molecule has 0 aliphatic heterocycles. The number of nitrogens with one attached hydrogen (secondary N) is 1. The van der Waals surface area contributed by atoms with E-state index in [0.29, 0.717) is 13.2 Å². The van der Waals surface area contributed by atoms with Crippen molar-refractivity contribution in [3.05, 3.63) is 60.2 Å². The van der Waals surface area contributed by atoms with E-state index in [1.165, 1.54) is 0 Å². The lowest BCUT2D eigenvalue weighted by atomic mass is 10.1. The molecule has 1 unspecified atom stereocenters. The van der Waals surface area contributed by atoms with Crippen molar-refractivity contribution in [2.45, 2.75) is 6.04 Å². The Labute approximate surface area is 130 Å². The molecule has 22 heavy (non-hydrogen) atoms. The van der Waals surface area contributed by atoms with Crippen LogP contribution in [0.5, 0.6) is 11.5 Å². The van der Waals surface area contributed by atoms with E-state index in [2.05, 4.69) is 5.32 Å². The minimum Gasteiger partial charge on any atom is -0.497 e. The second kappa shape index (κ2) is 8.05. The Hall–Kier alpha value is -2.53. The van der Waals surface area contributed by atoms with Crippen LogP contribution in [0.25, 0.3) is 0 Å². The Morgan fingerprint density at radius 2 is 1.73 bits per heavy atom. The van der Waals surface area contributed by atoms with Gasteiger partial charge in [0.05, 0.1) is 7.11 Å². The van der Waals surface area contributed by atoms with Gasteiger partial charge in [-0.3, -0.25) is 10.1 Å². The largest absolute Gasteiger partial charge is 0.497 e. The molecule has 0 saturated carbocycles. The highest BCUT2D eigenvalue weighted by atomic mass is 16.5. The summed E-state index contributed by atoms with van der Waals surface area (Å²) in [6, 6.07) is 16.2. The highest BCUT2D eigenvalue weighted by Crippen LogP contribution is 2.17. The van der Waals surface area contributed by atoms with E-state index in [4.69, 9.17) is 15.2 Å². The Bertz CT molecular complexity index is 585. The lowest BCUT2D eigenvalue weighted by molar-refractivity contribution is -0.120. The Morgan fingerprint density at radius 3 is 2.32 bits per heavy atom. The number of amides is 1. The Balaban J connectivity index is 1.82. The van der Waals surface area contributed by atoms with E-state index in [0.717, 1.165) is 17.1 Å². The van der Waals surface area contributed by atoms with Gasteiger partial charge in [-0.25, -0.2) is 0 Å². The number of ether oxygens (including phenoxy) is 2. The number of hydrogen-bond donors (Lipinski definition) is 2. The van der Waals surface area contributed by atoms with Crippen LogP contribution in [0.1, 0.15) is 11.6 Å². The van der Waals surface area contributed by atoms with Crippen LogP contribution in [0.15, 0.2) is 54.6 Å². The van der Waals surface area contributed by atoms with Gasteiger partial charge in [0.25, 0.3) is 0 Å². The molecule has 116 valence electrons. The third-order valence-corrected chi connectivity index (χ3v) is 3.20. The van der Waals surface area contributed by atoms with Crippen LogP contribution in [-0.4, -0.2) is 26.2 Å². The smallest absolute Gasteiger partial charge is 0.239 e. The molecule has 0 spiro atoms. The average Bonchev–Trinajstić information content (AvgIpc) is 2.56. The van der Waals surface area contributed by atoms with Crippen molar-refractivity contribution < 1.29 is 14.3 Å². The second-order valence-electron chi connectivity index (χ2n) is 4.72. The topological polar surface area (TPSA) is 73.6 Å². The second-order valence-corrected chi connectivity index (χ2v) is 4.72. The van der Waals surface area contributed by atoms with Crippen molar-refractivity contribution in [2.75, 3.05) is 20.3 Å². The maximum Gasteiger partial charge on any atom is 0.239 e. The van der Waals surface area contributed by atoms with E-state index in [1.54, 1.807) is 7.11 Å². The summed E-state index contributed by atoms with van der Waals surface area (Å²) in [6.07, 6.45) is 0. The summed E-state index contributed by atoms with van der Waals surface area (Å²) in [5, 5.41) is 3.10. The van der Waals surface area contributed by atoms with Crippen molar-refractivity contribution >= 4 is 5.91 Å². The molecule has 2 aromatic rings. The van der Waals surface area contributed by atoms with Gasteiger partial charge in [-0.05, 0) is 29.8 Å². The van der Waals surface area contributed by atoms with Gasteiger partial charge in [-0.15, -0.1) is 0 Å². The minimum absolute atomic E-state index is 0.407. The normalized spacial score (nSPS) is 11.7. The number of benzene rings is 2. The molecular weight excluding hydrogens is 280 g/mol. The minimum atomic E-state index is -0.513. The number of carbonyl (C=O) groups excluding carboxylic acids is 1. The third-order valence-electron chi connectivity index (χ3n) is 3.20. The van der Waals surface area contributed by atoms with Crippen molar-refractivity contribution in [3.8, 4) is 11.5 Å². The summed E-state index contributed by atoms with van der Waals surface area (Å²) in [5.41, 5.74) is 6.28. The number of carbonyl (C=O) groups is 1. The van der Waals surface area contributed by atoms with Gasteiger partial charge in [0.15, 0.2) is 0 Å². The molecule has 0 saturated heterocycles. The zero-order valence-corrected chi connectivity index (χ0v) is 12.5. The molecule has 0 radical (unpaired) electrons. The fourth-order valence-electron chi connectivity index (χ4n) is 2.07. The molecule has 0 aliphatic carbocycles. The third kappa shape index (κ3) is 4.49. The van der Waals surface area contributed by atoms with Crippen LogP contribution in [-0.2, 0) is 4.79 Å². The molecule has 5 nitrogen and oxygen atoms in total. The van der Waals surface area contributed by atoms with Crippen LogP contribution in [0.2, 0.25) is 0 Å². The van der Waals surface area contributed by atoms with Crippen molar-refractivity contribution in [1.82, 2.24) is 5.32 Å². The first kappa shape index (κ1) is 15.9. The number of nitrogens with two attached hydrogens (primary N) is 1. The standard InChI is InChI=1S/C17H20N2O3/c1-21-14-7-9-15(10-8-14)22-12-11-19-16(17(18)20)13-5-3-2-4-6-13/h2-10,16,19H,11-12H2,1H3,(H2,18,20). The quantitative estimate of drug-likeness (QED) is 0.730. The molecule has 0 aromatic heterocycles. The summed E-state index contributed by atoms with van der Waals surface area (Å²) < 4.78 is 10.7. The fourth-order valence-corrected chi connectivity index (χ4v) is 2.07. The summed E-state index contributed by atoms with van der Waals surface area (Å²) in [4.78, 5) is 11.5. The first-order valence-corrected chi connectivity index (χ1v) is 7.05. The number of hydrogen-bond acceptors (Lipinski definition) is 4. The van der Waals surface area contributed by atoms with E-state index in [-0.39, 0.29) is 0 Å². The van der Waals surface area contributed by atoms with Crippen molar-refractivity contribution in [1.29, 1.82) is 0 Å². The highest BCUT2D eigenvalue weighted by Gasteiger charge is 2.16. The Morgan fingerprint density at radius 1 is 1.09 bits per heavy atom. The predicted molar refractivity (Wildman–Crippen MR) is 84.9 cm³/mol. The number of rotatable bonds is 8. The number of primary amides is 1. The van der Waals surface area contributed by atoms with Crippen LogP contribution in [0.3, 0.4) is 0 Å². The van der Waals surface area contributed by atoms with Gasteiger partial charge in [0.2, 0.25) is 5.91 Å². The van der Waals surface area contributed by atoms with Gasteiger partial charge in [-0.1, -0.05) is 30.3 Å². The molecular formula is C17H20N2O3. The van der Waals surface area contributed by atoms with Crippen LogP contribution in [0.4, 0.5) is 0 Å². The predicted octanol–water partition coefficient (Wildman–Crippen LogP) is 1.89. The van der Waals surface area contributed by atoms with Gasteiger partial charge < -0.3 is 15.2 Å². The molecule has 0 aliphatic rings. The zero-order valence-electron chi connectivity index (χ0n) is 12.5. The summed E-state index contributed by atoms with van der Waals surface area (Å²) in [5.74, 6) is 1.12. The SMILES string of the molecule is COc1ccc(OCCNC(C(N)=O)c2ccccc2)cc1. The molecule has 0 fully saturated rings. The lowest BCUT2D eigenvalue weighted by Gasteiger charge is -2.16. The molecule has 0 bridgehead atoms. The maximum absolute atomic E-state index is 11.5. The molecule has 3 N–H and O–H groups in total.